The van der Waals surface area contributed by atoms with Crippen molar-refractivity contribution < 1.29 is 17.9 Å². The Hall–Kier alpha value is -2.25. The van der Waals surface area contributed by atoms with Gasteiger partial charge in [-0.2, -0.15) is 0 Å². The summed E-state index contributed by atoms with van der Waals surface area (Å²) in [5, 5.41) is 0. The average Bonchev–Trinajstić information content (AvgIpc) is 2.56. The maximum Gasteiger partial charge on any atom is 0.240 e. The van der Waals surface area contributed by atoms with E-state index in [1.807, 2.05) is 25.1 Å². The SMILES string of the molecule is CCOc1cc(CCNS(=O)(=O)c2ccc(N)cc2)ccc1OC. The molecule has 0 aliphatic rings. The number of nitrogens with one attached hydrogen (secondary N) is 1. The zero-order chi connectivity index (χ0) is 17.6. The van der Waals surface area contributed by atoms with Crippen molar-refractivity contribution >= 4 is 15.7 Å². The number of nitrogens with two attached hydrogens (primary N) is 1. The van der Waals surface area contributed by atoms with E-state index in [0.29, 0.717) is 30.2 Å². The van der Waals surface area contributed by atoms with Crippen molar-refractivity contribution in [3.63, 3.8) is 0 Å². The first-order valence-corrected chi connectivity index (χ1v) is 9.09. The maximum atomic E-state index is 12.2. The Labute approximate surface area is 142 Å². The van der Waals surface area contributed by atoms with E-state index in [0.717, 1.165) is 5.56 Å². The first-order chi connectivity index (χ1) is 11.5. The van der Waals surface area contributed by atoms with Gasteiger partial charge in [0.15, 0.2) is 11.5 Å². The second kappa shape index (κ2) is 8.03. The first-order valence-electron chi connectivity index (χ1n) is 7.61. The van der Waals surface area contributed by atoms with Crippen molar-refractivity contribution in [2.75, 3.05) is 26.0 Å². The number of ether oxygens (including phenoxy) is 2. The van der Waals surface area contributed by atoms with Gasteiger partial charge in [-0.05, 0) is 55.3 Å². The number of hydrogen-bond donors (Lipinski definition) is 2. The highest BCUT2D eigenvalue weighted by Crippen LogP contribution is 2.28. The lowest BCUT2D eigenvalue weighted by atomic mass is 10.1. The van der Waals surface area contributed by atoms with E-state index in [4.69, 9.17) is 15.2 Å². The van der Waals surface area contributed by atoms with Gasteiger partial charge in [-0.1, -0.05) is 6.07 Å². The molecule has 2 aromatic carbocycles. The van der Waals surface area contributed by atoms with E-state index in [-0.39, 0.29) is 11.4 Å². The van der Waals surface area contributed by atoms with E-state index in [9.17, 15) is 8.42 Å². The molecule has 0 fully saturated rings. The molecule has 0 saturated heterocycles. The van der Waals surface area contributed by atoms with Crippen molar-refractivity contribution in [2.45, 2.75) is 18.2 Å². The molecule has 0 saturated carbocycles. The Morgan fingerprint density at radius 1 is 1.08 bits per heavy atom. The summed E-state index contributed by atoms with van der Waals surface area (Å²) >= 11 is 0. The summed E-state index contributed by atoms with van der Waals surface area (Å²) < 4.78 is 37.7. The highest BCUT2D eigenvalue weighted by molar-refractivity contribution is 7.89. The van der Waals surface area contributed by atoms with Crippen molar-refractivity contribution in [3.05, 3.63) is 48.0 Å². The largest absolute Gasteiger partial charge is 0.493 e. The summed E-state index contributed by atoms with van der Waals surface area (Å²) in [5.74, 6) is 1.31. The molecule has 0 heterocycles. The average molecular weight is 350 g/mol. The summed E-state index contributed by atoms with van der Waals surface area (Å²) in [6.45, 7) is 2.71. The van der Waals surface area contributed by atoms with Gasteiger partial charge in [0.2, 0.25) is 10.0 Å². The van der Waals surface area contributed by atoms with Crippen LogP contribution in [0.2, 0.25) is 0 Å². The second-order valence-electron chi connectivity index (χ2n) is 5.14. The molecule has 0 radical (unpaired) electrons. The summed E-state index contributed by atoms with van der Waals surface area (Å²) in [4.78, 5) is 0.196. The predicted molar refractivity (Wildman–Crippen MR) is 93.9 cm³/mol. The number of benzene rings is 2. The van der Waals surface area contributed by atoms with E-state index in [1.54, 1.807) is 19.2 Å². The number of anilines is 1. The van der Waals surface area contributed by atoms with E-state index in [2.05, 4.69) is 4.72 Å². The first kappa shape index (κ1) is 18.1. The number of sulfonamides is 1. The van der Waals surface area contributed by atoms with Gasteiger partial charge in [-0.3, -0.25) is 0 Å². The summed E-state index contributed by atoms with van der Waals surface area (Å²) in [7, 11) is -1.96. The molecular formula is C17H22N2O4S. The third-order valence-electron chi connectivity index (χ3n) is 3.42. The Bertz CT molecular complexity index is 774. The molecule has 0 bridgehead atoms. The van der Waals surface area contributed by atoms with Gasteiger partial charge in [0, 0.05) is 12.2 Å². The molecule has 7 heteroatoms. The van der Waals surface area contributed by atoms with Crippen LogP contribution in [0.1, 0.15) is 12.5 Å². The van der Waals surface area contributed by atoms with E-state index >= 15 is 0 Å². The molecule has 3 N–H and O–H groups in total. The maximum absolute atomic E-state index is 12.2. The molecular weight excluding hydrogens is 328 g/mol. The molecule has 0 aliphatic heterocycles. The summed E-state index contributed by atoms with van der Waals surface area (Å²) in [5.41, 5.74) is 7.05. The van der Waals surface area contributed by atoms with E-state index in [1.165, 1.54) is 12.1 Å². The van der Waals surface area contributed by atoms with Gasteiger partial charge in [-0.15, -0.1) is 0 Å². The fourth-order valence-corrected chi connectivity index (χ4v) is 3.24. The standard InChI is InChI=1S/C17H22N2O4S/c1-3-23-17-12-13(4-9-16(17)22-2)10-11-19-24(20,21)15-7-5-14(18)6-8-15/h4-9,12,19H,3,10-11,18H2,1-2H3. The minimum absolute atomic E-state index is 0.196. The van der Waals surface area contributed by atoms with Crippen LogP contribution in [-0.4, -0.2) is 28.7 Å². The van der Waals surface area contributed by atoms with Crippen LogP contribution in [0.3, 0.4) is 0 Å². The smallest absolute Gasteiger partial charge is 0.240 e. The number of nitrogen functional groups attached to an aromatic ring is 1. The fraction of sp³-hybridized carbons (Fsp3) is 0.294. The molecule has 0 amide bonds. The molecule has 24 heavy (non-hydrogen) atoms. The van der Waals surface area contributed by atoms with Gasteiger partial charge in [0.05, 0.1) is 18.6 Å². The van der Waals surface area contributed by atoms with Crippen LogP contribution >= 0.6 is 0 Å². The lowest BCUT2D eigenvalue weighted by molar-refractivity contribution is 0.310. The molecule has 2 aromatic rings. The topological polar surface area (TPSA) is 90.7 Å². The molecule has 130 valence electrons. The molecule has 0 atom stereocenters. The summed E-state index contributed by atoms with van der Waals surface area (Å²) in [6.07, 6.45) is 0.540. The van der Waals surface area contributed by atoms with Gasteiger partial charge in [0.25, 0.3) is 0 Å². The Kier molecular flexibility index (Phi) is 6.05. The van der Waals surface area contributed by atoms with Gasteiger partial charge < -0.3 is 15.2 Å². The van der Waals surface area contributed by atoms with E-state index < -0.39 is 10.0 Å². The molecule has 0 unspecified atom stereocenters. The Morgan fingerprint density at radius 2 is 1.79 bits per heavy atom. The van der Waals surface area contributed by atoms with Crippen LogP contribution in [0, 0.1) is 0 Å². The van der Waals surface area contributed by atoms with Gasteiger partial charge in [-0.25, -0.2) is 13.1 Å². The lowest BCUT2D eigenvalue weighted by Crippen LogP contribution is -2.26. The van der Waals surface area contributed by atoms with Crippen LogP contribution in [0.15, 0.2) is 47.4 Å². The second-order valence-corrected chi connectivity index (χ2v) is 6.90. The normalized spacial score (nSPS) is 11.2. The molecule has 2 rings (SSSR count). The molecule has 0 aromatic heterocycles. The van der Waals surface area contributed by atoms with Gasteiger partial charge >= 0.3 is 0 Å². The third-order valence-corrected chi connectivity index (χ3v) is 4.90. The van der Waals surface area contributed by atoms with Crippen molar-refractivity contribution in [1.82, 2.24) is 4.72 Å². The van der Waals surface area contributed by atoms with Crippen molar-refractivity contribution in [3.8, 4) is 11.5 Å². The minimum Gasteiger partial charge on any atom is -0.493 e. The molecule has 0 spiro atoms. The van der Waals surface area contributed by atoms with Crippen LogP contribution in [-0.2, 0) is 16.4 Å². The zero-order valence-corrected chi connectivity index (χ0v) is 14.6. The highest BCUT2D eigenvalue weighted by atomic mass is 32.2. The number of hydrogen-bond acceptors (Lipinski definition) is 5. The Morgan fingerprint density at radius 3 is 2.42 bits per heavy atom. The van der Waals surface area contributed by atoms with Crippen molar-refractivity contribution in [2.24, 2.45) is 0 Å². The zero-order valence-electron chi connectivity index (χ0n) is 13.8. The quantitative estimate of drug-likeness (QED) is 0.712. The monoisotopic (exact) mass is 350 g/mol. The lowest BCUT2D eigenvalue weighted by Gasteiger charge is -2.11. The number of methoxy groups -OCH3 is 1. The summed E-state index contributed by atoms with van der Waals surface area (Å²) in [6, 6.07) is 11.7. The highest BCUT2D eigenvalue weighted by Gasteiger charge is 2.13. The molecule has 0 aliphatic carbocycles. The third kappa shape index (κ3) is 4.62. The van der Waals surface area contributed by atoms with Crippen LogP contribution in [0.25, 0.3) is 0 Å². The van der Waals surface area contributed by atoms with Crippen LogP contribution in [0.5, 0.6) is 11.5 Å². The predicted octanol–water partition coefficient (Wildman–Crippen LogP) is 2.20. The number of rotatable bonds is 8. The Balaban J connectivity index is 2.00. The van der Waals surface area contributed by atoms with Gasteiger partial charge in [0.1, 0.15) is 0 Å². The van der Waals surface area contributed by atoms with Crippen LogP contribution in [0.4, 0.5) is 5.69 Å². The minimum atomic E-state index is -3.54. The molecule has 6 nitrogen and oxygen atoms in total. The van der Waals surface area contributed by atoms with Crippen LogP contribution < -0.4 is 19.9 Å². The fourth-order valence-electron chi connectivity index (χ4n) is 2.20. The van der Waals surface area contributed by atoms with Crippen molar-refractivity contribution in [1.29, 1.82) is 0 Å².